The van der Waals surface area contributed by atoms with Crippen LogP contribution in [0.4, 0.5) is 0 Å². The predicted molar refractivity (Wildman–Crippen MR) is 101 cm³/mol. The van der Waals surface area contributed by atoms with Crippen molar-refractivity contribution < 1.29 is 19.7 Å². The van der Waals surface area contributed by atoms with E-state index in [1.807, 2.05) is 36.4 Å². The van der Waals surface area contributed by atoms with E-state index >= 15 is 0 Å². The molecule has 3 rings (SSSR count). The van der Waals surface area contributed by atoms with Crippen LogP contribution in [-0.2, 0) is 6.54 Å². The monoisotopic (exact) mass is 377 g/mol. The number of halogens is 1. The second kappa shape index (κ2) is 9.24. The molecule has 6 heteroatoms. The summed E-state index contributed by atoms with van der Waals surface area (Å²) >= 11 is 5.98. The number of β-amino-alcohol motifs (C(OH)–C–C–N with tert-alkyl or cyclic N) is 1. The lowest BCUT2D eigenvalue weighted by atomic mass is 10.2. The molecule has 1 aliphatic heterocycles. The van der Waals surface area contributed by atoms with Gasteiger partial charge >= 0.3 is 0 Å². The SMILES string of the molecule is OCCCOc1ccc(CN2C[C@H](Oc3cccc(Cl)c3)[C@@H](O)C2)cc1. The molecular formula is C20H24ClNO4. The van der Waals surface area contributed by atoms with E-state index in [9.17, 15) is 5.11 Å². The molecule has 1 heterocycles. The highest BCUT2D eigenvalue weighted by Gasteiger charge is 2.32. The van der Waals surface area contributed by atoms with Crippen molar-refractivity contribution in [2.24, 2.45) is 0 Å². The van der Waals surface area contributed by atoms with Crippen LogP contribution in [0.2, 0.25) is 5.02 Å². The fourth-order valence-corrected chi connectivity index (χ4v) is 3.18. The molecule has 1 aliphatic rings. The molecule has 2 atom stereocenters. The lowest BCUT2D eigenvalue weighted by Gasteiger charge is -2.17. The maximum absolute atomic E-state index is 10.3. The molecule has 0 saturated carbocycles. The van der Waals surface area contributed by atoms with Gasteiger partial charge in [0.2, 0.25) is 0 Å². The third-order valence-electron chi connectivity index (χ3n) is 4.30. The molecule has 5 nitrogen and oxygen atoms in total. The minimum Gasteiger partial charge on any atom is -0.494 e. The molecule has 0 amide bonds. The Morgan fingerprint density at radius 2 is 1.88 bits per heavy atom. The van der Waals surface area contributed by atoms with Gasteiger partial charge in [0.25, 0.3) is 0 Å². The van der Waals surface area contributed by atoms with Crippen LogP contribution in [-0.4, -0.2) is 53.6 Å². The van der Waals surface area contributed by atoms with Crippen LogP contribution >= 0.6 is 11.6 Å². The van der Waals surface area contributed by atoms with E-state index in [1.165, 1.54) is 0 Å². The van der Waals surface area contributed by atoms with Crippen LogP contribution in [0, 0.1) is 0 Å². The lowest BCUT2D eigenvalue weighted by molar-refractivity contribution is 0.0737. The Kier molecular flexibility index (Phi) is 6.74. The highest BCUT2D eigenvalue weighted by atomic mass is 35.5. The average Bonchev–Trinajstić information content (AvgIpc) is 2.96. The molecule has 26 heavy (non-hydrogen) atoms. The van der Waals surface area contributed by atoms with Gasteiger partial charge in [0.05, 0.1) is 6.61 Å². The molecule has 0 spiro atoms. The number of hydrogen-bond donors (Lipinski definition) is 2. The normalized spacial score (nSPS) is 20.3. The van der Waals surface area contributed by atoms with Crippen LogP contribution in [0.25, 0.3) is 0 Å². The standard InChI is InChI=1S/C20H24ClNO4/c21-16-3-1-4-18(11-16)26-20-14-22(13-19(20)24)12-15-5-7-17(8-6-15)25-10-2-9-23/h1,3-8,11,19-20,23-24H,2,9-10,12-14H2/t19-,20-/m0/s1. The molecule has 1 saturated heterocycles. The Morgan fingerprint density at radius 1 is 1.08 bits per heavy atom. The van der Waals surface area contributed by atoms with Crippen LogP contribution in [0.3, 0.4) is 0 Å². The Balaban J connectivity index is 1.51. The molecular weight excluding hydrogens is 354 g/mol. The molecule has 0 radical (unpaired) electrons. The number of likely N-dealkylation sites (tertiary alicyclic amines) is 1. The number of aliphatic hydroxyl groups excluding tert-OH is 2. The minimum absolute atomic E-state index is 0.133. The van der Waals surface area contributed by atoms with Gasteiger partial charge in [0.1, 0.15) is 23.7 Å². The van der Waals surface area contributed by atoms with Crippen molar-refractivity contribution in [1.29, 1.82) is 0 Å². The van der Waals surface area contributed by atoms with Crippen LogP contribution < -0.4 is 9.47 Å². The van der Waals surface area contributed by atoms with E-state index in [-0.39, 0.29) is 12.7 Å². The molecule has 2 aromatic rings. The maximum atomic E-state index is 10.3. The van der Waals surface area contributed by atoms with Gasteiger partial charge in [-0.05, 0) is 35.9 Å². The highest BCUT2D eigenvalue weighted by molar-refractivity contribution is 6.30. The van der Waals surface area contributed by atoms with Crippen molar-refractivity contribution in [3.63, 3.8) is 0 Å². The zero-order valence-electron chi connectivity index (χ0n) is 14.6. The van der Waals surface area contributed by atoms with Gasteiger partial charge in [0, 0.05) is 37.7 Å². The van der Waals surface area contributed by atoms with Gasteiger partial charge in [-0.3, -0.25) is 4.90 Å². The van der Waals surface area contributed by atoms with E-state index in [2.05, 4.69) is 4.90 Å². The first kappa shape index (κ1) is 19.0. The number of ether oxygens (including phenoxy) is 2. The molecule has 0 unspecified atom stereocenters. The number of aliphatic hydroxyl groups is 2. The third kappa shape index (κ3) is 5.35. The van der Waals surface area contributed by atoms with E-state index in [0.717, 1.165) is 17.9 Å². The predicted octanol–water partition coefficient (Wildman–Crippen LogP) is 2.73. The van der Waals surface area contributed by atoms with Gasteiger partial charge in [-0.15, -0.1) is 0 Å². The quantitative estimate of drug-likeness (QED) is 0.693. The second-order valence-corrected chi connectivity index (χ2v) is 6.88. The van der Waals surface area contributed by atoms with E-state index in [4.69, 9.17) is 26.2 Å². The summed E-state index contributed by atoms with van der Waals surface area (Å²) in [5, 5.41) is 19.7. The summed E-state index contributed by atoms with van der Waals surface area (Å²) in [5.41, 5.74) is 1.15. The summed E-state index contributed by atoms with van der Waals surface area (Å²) in [4.78, 5) is 2.17. The van der Waals surface area contributed by atoms with Crippen LogP contribution in [0.5, 0.6) is 11.5 Å². The van der Waals surface area contributed by atoms with Crippen molar-refractivity contribution >= 4 is 11.6 Å². The Hall–Kier alpha value is -1.79. The highest BCUT2D eigenvalue weighted by Crippen LogP contribution is 2.23. The van der Waals surface area contributed by atoms with Gasteiger partial charge in [-0.2, -0.15) is 0 Å². The van der Waals surface area contributed by atoms with E-state index < -0.39 is 6.10 Å². The van der Waals surface area contributed by atoms with Crippen molar-refractivity contribution in [3.8, 4) is 11.5 Å². The zero-order valence-corrected chi connectivity index (χ0v) is 15.3. The van der Waals surface area contributed by atoms with E-state index in [1.54, 1.807) is 12.1 Å². The summed E-state index contributed by atoms with van der Waals surface area (Å²) in [6.45, 7) is 2.61. The molecule has 0 aromatic heterocycles. The maximum Gasteiger partial charge on any atom is 0.138 e. The fourth-order valence-electron chi connectivity index (χ4n) is 3.00. The Labute approximate surface area is 158 Å². The van der Waals surface area contributed by atoms with Crippen LogP contribution in [0.1, 0.15) is 12.0 Å². The smallest absolute Gasteiger partial charge is 0.138 e. The molecule has 0 aliphatic carbocycles. The second-order valence-electron chi connectivity index (χ2n) is 6.44. The van der Waals surface area contributed by atoms with E-state index in [0.29, 0.717) is 36.9 Å². The Bertz CT molecular complexity index is 694. The van der Waals surface area contributed by atoms with Gasteiger partial charge in [0.15, 0.2) is 0 Å². The Morgan fingerprint density at radius 3 is 2.62 bits per heavy atom. The first-order valence-corrected chi connectivity index (χ1v) is 9.17. The fraction of sp³-hybridized carbons (Fsp3) is 0.400. The molecule has 2 aromatic carbocycles. The molecule has 1 fully saturated rings. The summed E-state index contributed by atoms with van der Waals surface area (Å²) in [6, 6.07) is 15.1. The molecule has 140 valence electrons. The van der Waals surface area contributed by atoms with Crippen molar-refractivity contribution in [1.82, 2.24) is 4.90 Å². The number of benzene rings is 2. The van der Waals surface area contributed by atoms with Crippen molar-refractivity contribution in [2.45, 2.75) is 25.2 Å². The number of hydrogen-bond acceptors (Lipinski definition) is 5. The zero-order chi connectivity index (χ0) is 18.4. The van der Waals surface area contributed by atoms with Gasteiger partial charge < -0.3 is 19.7 Å². The summed E-state index contributed by atoms with van der Waals surface area (Å²) in [5.74, 6) is 1.47. The third-order valence-corrected chi connectivity index (χ3v) is 4.53. The van der Waals surface area contributed by atoms with Gasteiger partial charge in [-0.25, -0.2) is 0 Å². The first-order chi connectivity index (χ1) is 12.6. The summed E-state index contributed by atoms with van der Waals surface area (Å²) in [7, 11) is 0. The van der Waals surface area contributed by atoms with Crippen LogP contribution in [0.15, 0.2) is 48.5 Å². The largest absolute Gasteiger partial charge is 0.494 e. The number of nitrogens with zero attached hydrogens (tertiary/aromatic N) is 1. The number of rotatable bonds is 8. The van der Waals surface area contributed by atoms with Crippen molar-refractivity contribution in [3.05, 3.63) is 59.1 Å². The average molecular weight is 378 g/mol. The summed E-state index contributed by atoms with van der Waals surface area (Å²) in [6.07, 6.45) is -0.175. The van der Waals surface area contributed by atoms with Gasteiger partial charge in [-0.1, -0.05) is 29.8 Å². The topological polar surface area (TPSA) is 62.2 Å². The molecule has 2 N–H and O–H groups in total. The van der Waals surface area contributed by atoms with Crippen molar-refractivity contribution in [2.75, 3.05) is 26.3 Å². The minimum atomic E-state index is -0.532. The lowest BCUT2D eigenvalue weighted by Crippen LogP contribution is -2.29. The molecule has 0 bridgehead atoms. The first-order valence-electron chi connectivity index (χ1n) is 8.79. The summed E-state index contributed by atoms with van der Waals surface area (Å²) < 4.78 is 11.4.